The van der Waals surface area contributed by atoms with Crippen LogP contribution in [0.25, 0.3) is 0 Å². The maximum atomic E-state index is 13.2. The first-order valence-electron chi connectivity index (χ1n) is 9.20. The molecule has 1 saturated heterocycles. The molecule has 0 aromatic heterocycles. The molecule has 2 N–H and O–H groups in total. The van der Waals surface area contributed by atoms with Gasteiger partial charge in [-0.3, -0.25) is 4.79 Å². The standard InChI is InChI=1S/C19H27ClN2O3/c20-15-6-7-18(25-10-8-21)17(11-15)19(23)22(12-14-3-1-4-14)13-16-5-2-9-24-16/h6-7,11,14,16H,1-5,8-10,12-13,21H2/t16-/m1/s1. The van der Waals surface area contributed by atoms with E-state index in [1.54, 1.807) is 18.2 Å². The van der Waals surface area contributed by atoms with Crippen molar-refractivity contribution in [2.24, 2.45) is 11.7 Å². The molecule has 1 amide bonds. The minimum Gasteiger partial charge on any atom is -0.491 e. The van der Waals surface area contributed by atoms with Gasteiger partial charge in [-0.05, 0) is 49.8 Å². The molecule has 1 atom stereocenters. The second-order valence-corrected chi connectivity index (χ2v) is 7.36. The van der Waals surface area contributed by atoms with E-state index in [4.69, 9.17) is 26.8 Å². The second-order valence-electron chi connectivity index (χ2n) is 6.92. The predicted octanol–water partition coefficient (Wildman–Crippen LogP) is 3.10. The number of nitrogens with two attached hydrogens (primary N) is 1. The van der Waals surface area contributed by atoms with E-state index in [0.717, 1.165) is 26.0 Å². The summed E-state index contributed by atoms with van der Waals surface area (Å²) in [6.45, 7) is 2.98. The Morgan fingerprint density at radius 1 is 1.28 bits per heavy atom. The second kappa shape index (κ2) is 8.88. The highest BCUT2D eigenvalue weighted by Crippen LogP contribution is 2.30. The third-order valence-electron chi connectivity index (χ3n) is 4.99. The van der Waals surface area contributed by atoms with Gasteiger partial charge < -0.3 is 20.1 Å². The summed E-state index contributed by atoms with van der Waals surface area (Å²) in [4.78, 5) is 15.2. The Morgan fingerprint density at radius 3 is 2.76 bits per heavy atom. The zero-order valence-corrected chi connectivity index (χ0v) is 15.3. The molecule has 1 aliphatic heterocycles. The Hall–Kier alpha value is -1.30. The van der Waals surface area contributed by atoms with Crippen molar-refractivity contribution < 1.29 is 14.3 Å². The van der Waals surface area contributed by atoms with Gasteiger partial charge in [-0.25, -0.2) is 0 Å². The smallest absolute Gasteiger partial charge is 0.257 e. The zero-order valence-electron chi connectivity index (χ0n) is 14.6. The van der Waals surface area contributed by atoms with Gasteiger partial charge in [0.25, 0.3) is 5.91 Å². The number of rotatable bonds is 8. The van der Waals surface area contributed by atoms with Crippen LogP contribution < -0.4 is 10.5 Å². The summed E-state index contributed by atoms with van der Waals surface area (Å²) >= 11 is 6.14. The molecule has 2 aliphatic rings. The summed E-state index contributed by atoms with van der Waals surface area (Å²) in [5.41, 5.74) is 6.04. The normalized spacial score (nSPS) is 20.3. The predicted molar refractivity (Wildman–Crippen MR) is 98.2 cm³/mol. The van der Waals surface area contributed by atoms with Crippen LogP contribution in [0.2, 0.25) is 5.02 Å². The van der Waals surface area contributed by atoms with E-state index in [0.29, 0.717) is 41.9 Å². The van der Waals surface area contributed by atoms with E-state index >= 15 is 0 Å². The highest BCUT2D eigenvalue weighted by Gasteiger charge is 2.29. The van der Waals surface area contributed by atoms with Crippen molar-refractivity contribution in [2.45, 2.75) is 38.2 Å². The van der Waals surface area contributed by atoms with Crippen LogP contribution in [-0.4, -0.2) is 49.8 Å². The van der Waals surface area contributed by atoms with E-state index < -0.39 is 0 Å². The molecule has 3 rings (SSSR count). The fourth-order valence-electron chi connectivity index (χ4n) is 3.40. The number of benzene rings is 1. The Bertz CT molecular complexity index is 586. The first kappa shape index (κ1) is 18.5. The third kappa shape index (κ3) is 4.87. The van der Waals surface area contributed by atoms with Gasteiger partial charge in [0.05, 0.1) is 11.7 Å². The van der Waals surface area contributed by atoms with E-state index in [2.05, 4.69) is 0 Å². The Labute approximate surface area is 154 Å². The fraction of sp³-hybridized carbons (Fsp3) is 0.632. The molecule has 25 heavy (non-hydrogen) atoms. The van der Waals surface area contributed by atoms with Crippen molar-refractivity contribution in [3.63, 3.8) is 0 Å². The van der Waals surface area contributed by atoms with Crippen LogP contribution in [0.15, 0.2) is 18.2 Å². The maximum Gasteiger partial charge on any atom is 0.257 e. The van der Waals surface area contributed by atoms with Gasteiger partial charge in [-0.1, -0.05) is 18.0 Å². The lowest BCUT2D eigenvalue weighted by Crippen LogP contribution is -2.42. The molecule has 0 bridgehead atoms. The Morgan fingerprint density at radius 2 is 2.12 bits per heavy atom. The molecule has 1 saturated carbocycles. The topological polar surface area (TPSA) is 64.8 Å². The van der Waals surface area contributed by atoms with Crippen LogP contribution in [0.3, 0.4) is 0 Å². The molecule has 6 heteroatoms. The van der Waals surface area contributed by atoms with Gasteiger partial charge in [-0.2, -0.15) is 0 Å². The lowest BCUT2D eigenvalue weighted by Gasteiger charge is -2.34. The van der Waals surface area contributed by atoms with Gasteiger partial charge in [0, 0.05) is 31.3 Å². The molecular weight excluding hydrogens is 340 g/mol. The molecule has 2 fully saturated rings. The van der Waals surface area contributed by atoms with Crippen LogP contribution in [0.4, 0.5) is 0 Å². The quantitative estimate of drug-likeness (QED) is 0.767. The van der Waals surface area contributed by atoms with Gasteiger partial charge in [0.15, 0.2) is 0 Å². The summed E-state index contributed by atoms with van der Waals surface area (Å²) in [5, 5.41) is 0.532. The molecule has 5 nitrogen and oxygen atoms in total. The van der Waals surface area contributed by atoms with Crippen molar-refractivity contribution in [1.29, 1.82) is 0 Å². The molecular formula is C19H27ClN2O3. The molecule has 138 valence electrons. The van der Waals surface area contributed by atoms with Crippen LogP contribution >= 0.6 is 11.6 Å². The van der Waals surface area contributed by atoms with Crippen LogP contribution in [0.5, 0.6) is 5.75 Å². The molecule has 1 aromatic rings. The van der Waals surface area contributed by atoms with Gasteiger partial charge >= 0.3 is 0 Å². The molecule has 1 aliphatic carbocycles. The summed E-state index contributed by atoms with van der Waals surface area (Å²) in [6, 6.07) is 5.18. The fourth-order valence-corrected chi connectivity index (χ4v) is 3.57. The first-order chi connectivity index (χ1) is 12.2. The summed E-state index contributed by atoms with van der Waals surface area (Å²) in [5.74, 6) is 1.11. The number of amides is 1. The van der Waals surface area contributed by atoms with Crippen molar-refractivity contribution in [1.82, 2.24) is 4.90 Å². The molecule has 1 heterocycles. The van der Waals surface area contributed by atoms with E-state index in [1.807, 2.05) is 4.90 Å². The SMILES string of the molecule is NCCOc1ccc(Cl)cc1C(=O)N(CC1CCC1)C[C@H]1CCCO1. The van der Waals surface area contributed by atoms with E-state index in [1.165, 1.54) is 19.3 Å². The van der Waals surface area contributed by atoms with E-state index in [9.17, 15) is 4.79 Å². The Balaban J connectivity index is 1.78. The van der Waals surface area contributed by atoms with Crippen LogP contribution in [-0.2, 0) is 4.74 Å². The summed E-state index contributed by atoms with van der Waals surface area (Å²) in [6.07, 6.45) is 5.87. The van der Waals surface area contributed by atoms with Gasteiger partial charge in [0.1, 0.15) is 12.4 Å². The van der Waals surface area contributed by atoms with Crippen LogP contribution in [0.1, 0.15) is 42.5 Å². The molecule has 1 aromatic carbocycles. The third-order valence-corrected chi connectivity index (χ3v) is 5.22. The minimum atomic E-state index is -0.0306. The van der Waals surface area contributed by atoms with Crippen molar-refractivity contribution >= 4 is 17.5 Å². The largest absolute Gasteiger partial charge is 0.491 e. The highest BCUT2D eigenvalue weighted by atomic mass is 35.5. The number of hydrogen-bond donors (Lipinski definition) is 1. The van der Waals surface area contributed by atoms with Crippen molar-refractivity contribution in [3.8, 4) is 5.75 Å². The van der Waals surface area contributed by atoms with Crippen molar-refractivity contribution in [2.75, 3.05) is 32.8 Å². The average molecular weight is 367 g/mol. The average Bonchev–Trinajstić information content (AvgIpc) is 3.08. The lowest BCUT2D eigenvalue weighted by molar-refractivity contribution is 0.0445. The van der Waals surface area contributed by atoms with Gasteiger partial charge in [-0.15, -0.1) is 0 Å². The number of carbonyl (C=O) groups is 1. The number of ether oxygens (including phenoxy) is 2. The molecule has 0 unspecified atom stereocenters. The minimum absolute atomic E-state index is 0.0306. The molecule has 0 radical (unpaired) electrons. The Kier molecular flexibility index (Phi) is 6.57. The molecule has 0 spiro atoms. The number of hydrogen-bond acceptors (Lipinski definition) is 4. The lowest BCUT2D eigenvalue weighted by atomic mass is 9.85. The maximum absolute atomic E-state index is 13.2. The van der Waals surface area contributed by atoms with Crippen LogP contribution in [0, 0.1) is 5.92 Å². The number of halogens is 1. The first-order valence-corrected chi connectivity index (χ1v) is 9.58. The van der Waals surface area contributed by atoms with E-state index in [-0.39, 0.29) is 12.0 Å². The number of nitrogens with zero attached hydrogens (tertiary/aromatic N) is 1. The summed E-state index contributed by atoms with van der Waals surface area (Å²) in [7, 11) is 0. The zero-order chi connectivity index (χ0) is 17.6. The summed E-state index contributed by atoms with van der Waals surface area (Å²) < 4.78 is 11.4. The number of carbonyl (C=O) groups excluding carboxylic acids is 1. The highest BCUT2D eigenvalue weighted by molar-refractivity contribution is 6.31. The monoisotopic (exact) mass is 366 g/mol. The van der Waals surface area contributed by atoms with Gasteiger partial charge in [0.2, 0.25) is 0 Å². The van der Waals surface area contributed by atoms with Crippen molar-refractivity contribution in [3.05, 3.63) is 28.8 Å².